The number of alkyl halides is 6. The second-order valence-corrected chi connectivity index (χ2v) is 12.5. The van der Waals surface area contributed by atoms with Gasteiger partial charge in [-0.15, -0.1) is 69.6 Å². The SMILES string of the molecule is CC1CC1(OCCCl)C1(C2C(CCCl)(CCCl)C2(CCCl)C(CCCl)CCCl)CC1C. The Labute approximate surface area is 219 Å². The van der Waals surface area contributed by atoms with Crippen LogP contribution in [0.15, 0.2) is 0 Å². The summed E-state index contributed by atoms with van der Waals surface area (Å²) in [5.74, 6) is 5.84. The van der Waals surface area contributed by atoms with Crippen LogP contribution in [0.2, 0.25) is 0 Å². The van der Waals surface area contributed by atoms with Crippen molar-refractivity contribution >= 4 is 69.6 Å². The van der Waals surface area contributed by atoms with E-state index in [0.717, 1.165) is 38.5 Å². The predicted molar refractivity (Wildman–Crippen MR) is 138 cm³/mol. The number of rotatable bonds is 16. The Morgan fingerprint density at radius 2 is 1.26 bits per heavy atom. The standard InChI is InChI=1S/C24H38Cl6O/c1-17-15-23(17,24(16-18(24)2)31-14-13-30)20-21(5-10-27,6-11-28)22(20,7-12-29)19(3-8-25)4-9-26/h17-20H,3-16H2,1-2H3. The topological polar surface area (TPSA) is 9.23 Å². The summed E-state index contributed by atoms with van der Waals surface area (Å²) in [6, 6.07) is 0. The average molecular weight is 555 g/mol. The molecule has 0 aromatic carbocycles. The highest BCUT2D eigenvalue weighted by atomic mass is 35.5. The van der Waals surface area contributed by atoms with Crippen molar-refractivity contribution in [3.63, 3.8) is 0 Å². The fourth-order valence-electron chi connectivity index (χ4n) is 8.47. The first-order valence-corrected chi connectivity index (χ1v) is 15.1. The average Bonchev–Trinajstić information content (AvgIpc) is 3.67. The number of hydrogen-bond donors (Lipinski definition) is 0. The molecule has 3 fully saturated rings. The first-order valence-electron chi connectivity index (χ1n) is 11.9. The molecule has 0 aliphatic heterocycles. The lowest BCUT2D eigenvalue weighted by Gasteiger charge is -2.35. The van der Waals surface area contributed by atoms with Gasteiger partial charge in [-0.1, -0.05) is 13.8 Å². The van der Waals surface area contributed by atoms with Crippen LogP contribution < -0.4 is 0 Å². The Bertz CT molecular complexity index is 593. The Morgan fingerprint density at radius 3 is 1.61 bits per heavy atom. The Kier molecular flexibility index (Phi) is 9.47. The van der Waals surface area contributed by atoms with Crippen molar-refractivity contribution < 1.29 is 4.74 Å². The van der Waals surface area contributed by atoms with Crippen molar-refractivity contribution in [1.29, 1.82) is 0 Å². The van der Waals surface area contributed by atoms with E-state index in [9.17, 15) is 0 Å². The molecule has 182 valence electrons. The maximum absolute atomic E-state index is 6.64. The van der Waals surface area contributed by atoms with Gasteiger partial charge in [-0.2, -0.15) is 0 Å². The molecule has 0 radical (unpaired) electrons. The van der Waals surface area contributed by atoms with Gasteiger partial charge in [0.1, 0.15) is 0 Å². The second-order valence-electron chi connectivity index (χ2n) is 10.3. The van der Waals surface area contributed by atoms with Crippen LogP contribution in [0.3, 0.4) is 0 Å². The fraction of sp³-hybridized carbons (Fsp3) is 1.00. The Hall–Kier alpha value is 1.70. The molecule has 3 aliphatic carbocycles. The third-order valence-electron chi connectivity index (χ3n) is 9.49. The highest BCUT2D eigenvalue weighted by molar-refractivity contribution is 6.19. The van der Waals surface area contributed by atoms with Crippen LogP contribution in [0.4, 0.5) is 0 Å². The molecule has 0 saturated heterocycles. The lowest BCUT2D eigenvalue weighted by molar-refractivity contribution is -0.0484. The highest BCUT2D eigenvalue weighted by Crippen LogP contribution is 2.92. The molecule has 0 aromatic rings. The minimum atomic E-state index is -0.0730. The largest absolute Gasteiger partial charge is 0.373 e. The summed E-state index contributed by atoms with van der Waals surface area (Å²) in [5.41, 5.74) is 0.237. The minimum absolute atomic E-state index is 0.0730. The molecule has 31 heavy (non-hydrogen) atoms. The van der Waals surface area contributed by atoms with E-state index in [1.54, 1.807) is 0 Å². The zero-order valence-corrected chi connectivity index (χ0v) is 23.4. The fourth-order valence-corrected chi connectivity index (χ4v) is 10.1. The molecule has 0 N–H and O–H groups in total. The molecule has 0 amide bonds. The van der Waals surface area contributed by atoms with E-state index in [4.69, 9.17) is 74.3 Å². The van der Waals surface area contributed by atoms with Crippen LogP contribution in [-0.4, -0.2) is 47.5 Å². The normalized spacial score (nSPS) is 40.4. The van der Waals surface area contributed by atoms with Gasteiger partial charge in [0, 0.05) is 40.7 Å². The minimum Gasteiger partial charge on any atom is -0.373 e. The monoisotopic (exact) mass is 552 g/mol. The molecule has 1 nitrogen and oxygen atoms in total. The van der Waals surface area contributed by atoms with Crippen molar-refractivity contribution in [2.24, 2.45) is 39.9 Å². The molecule has 0 bridgehead atoms. The van der Waals surface area contributed by atoms with E-state index >= 15 is 0 Å². The van der Waals surface area contributed by atoms with E-state index in [1.165, 1.54) is 6.42 Å². The van der Waals surface area contributed by atoms with Crippen molar-refractivity contribution in [3.05, 3.63) is 0 Å². The molecule has 6 unspecified atom stereocenters. The maximum Gasteiger partial charge on any atom is 0.0774 e. The molecule has 7 heteroatoms. The number of halogens is 6. The zero-order chi connectivity index (χ0) is 22.9. The summed E-state index contributed by atoms with van der Waals surface area (Å²) >= 11 is 38.3. The van der Waals surface area contributed by atoms with E-state index in [2.05, 4.69) is 13.8 Å². The maximum atomic E-state index is 6.64. The lowest BCUT2D eigenvalue weighted by atomic mass is 9.73. The summed E-state index contributed by atoms with van der Waals surface area (Å²) in [7, 11) is 0. The molecule has 6 atom stereocenters. The predicted octanol–water partition coefficient (Wildman–Crippen LogP) is 8.41. The third-order valence-corrected chi connectivity index (χ3v) is 10.7. The molecule has 0 spiro atoms. The Balaban J connectivity index is 2.12. The van der Waals surface area contributed by atoms with Crippen LogP contribution in [-0.2, 0) is 4.74 Å². The van der Waals surface area contributed by atoms with Gasteiger partial charge in [0.25, 0.3) is 0 Å². The van der Waals surface area contributed by atoms with Crippen LogP contribution in [0.5, 0.6) is 0 Å². The van der Waals surface area contributed by atoms with Gasteiger partial charge in [-0.25, -0.2) is 0 Å². The van der Waals surface area contributed by atoms with Gasteiger partial charge < -0.3 is 4.74 Å². The first kappa shape index (κ1) is 27.3. The zero-order valence-electron chi connectivity index (χ0n) is 18.9. The molecule has 0 aromatic heterocycles. The smallest absolute Gasteiger partial charge is 0.0774 e. The first-order chi connectivity index (χ1) is 14.9. The summed E-state index contributed by atoms with van der Waals surface area (Å²) in [6.45, 7) is 5.36. The summed E-state index contributed by atoms with van der Waals surface area (Å²) in [6.07, 6.45) is 7.16. The van der Waals surface area contributed by atoms with Crippen LogP contribution in [0, 0.1) is 39.9 Å². The summed E-state index contributed by atoms with van der Waals surface area (Å²) in [4.78, 5) is 0. The lowest BCUT2D eigenvalue weighted by Crippen LogP contribution is -2.37. The van der Waals surface area contributed by atoms with Crippen molar-refractivity contribution in [3.8, 4) is 0 Å². The van der Waals surface area contributed by atoms with E-state index in [1.807, 2.05) is 0 Å². The van der Waals surface area contributed by atoms with Crippen molar-refractivity contribution in [1.82, 2.24) is 0 Å². The van der Waals surface area contributed by atoms with Gasteiger partial charge >= 0.3 is 0 Å². The van der Waals surface area contributed by atoms with Gasteiger partial charge in [-0.05, 0) is 79.4 Å². The van der Waals surface area contributed by atoms with Crippen LogP contribution in [0.25, 0.3) is 0 Å². The summed E-state index contributed by atoms with van der Waals surface area (Å²) < 4.78 is 6.64. The van der Waals surface area contributed by atoms with Crippen LogP contribution in [0.1, 0.15) is 58.8 Å². The molecular formula is C24H38Cl6O. The van der Waals surface area contributed by atoms with Gasteiger partial charge in [0.15, 0.2) is 0 Å². The van der Waals surface area contributed by atoms with E-state index in [-0.39, 0.29) is 21.8 Å². The third kappa shape index (κ3) is 4.09. The number of hydrogen-bond acceptors (Lipinski definition) is 1. The molecule has 3 rings (SSSR count). The van der Waals surface area contributed by atoms with Gasteiger partial charge in [-0.3, -0.25) is 0 Å². The molecular weight excluding hydrogens is 517 g/mol. The Morgan fingerprint density at radius 1 is 0.742 bits per heavy atom. The van der Waals surface area contributed by atoms with Gasteiger partial charge in [0.05, 0.1) is 12.2 Å². The van der Waals surface area contributed by atoms with Gasteiger partial charge in [0.2, 0.25) is 0 Å². The van der Waals surface area contributed by atoms with Crippen molar-refractivity contribution in [2.45, 2.75) is 64.4 Å². The quantitative estimate of drug-likeness (QED) is 0.174. The highest BCUT2D eigenvalue weighted by Gasteiger charge is 2.90. The molecule has 3 saturated carbocycles. The molecule has 3 aliphatic rings. The summed E-state index contributed by atoms with van der Waals surface area (Å²) in [5, 5.41) is 0. The van der Waals surface area contributed by atoms with E-state index in [0.29, 0.717) is 65.6 Å². The number of ether oxygens (including phenoxy) is 1. The van der Waals surface area contributed by atoms with Crippen LogP contribution >= 0.6 is 69.6 Å². The van der Waals surface area contributed by atoms with E-state index < -0.39 is 0 Å². The molecule has 0 heterocycles. The van der Waals surface area contributed by atoms with Crippen molar-refractivity contribution in [2.75, 3.05) is 41.9 Å². The second kappa shape index (κ2) is 10.8.